The van der Waals surface area contributed by atoms with Gasteiger partial charge in [0.25, 0.3) is 5.91 Å². The van der Waals surface area contributed by atoms with E-state index in [4.69, 9.17) is 9.47 Å². The molecule has 0 spiro atoms. The van der Waals surface area contributed by atoms with Crippen LogP contribution < -0.4 is 9.47 Å². The van der Waals surface area contributed by atoms with Crippen LogP contribution in [0.1, 0.15) is 15.9 Å². The lowest BCUT2D eigenvalue weighted by molar-refractivity contribution is 0.0760. The predicted molar refractivity (Wildman–Crippen MR) is 90.7 cm³/mol. The van der Waals surface area contributed by atoms with E-state index in [1.54, 1.807) is 29.4 Å². The van der Waals surface area contributed by atoms with Crippen molar-refractivity contribution < 1.29 is 19.4 Å². The van der Waals surface area contributed by atoms with Gasteiger partial charge in [-0.25, -0.2) is 0 Å². The Hall–Kier alpha value is -2.67. The average molecular weight is 343 g/mol. The number of pyridine rings is 2. The Labute approximate surface area is 146 Å². The van der Waals surface area contributed by atoms with Gasteiger partial charge in [-0.3, -0.25) is 9.78 Å². The number of aliphatic hydroxyl groups is 1. The van der Waals surface area contributed by atoms with Gasteiger partial charge in [0.15, 0.2) is 0 Å². The third-order valence-electron chi connectivity index (χ3n) is 4.41. The highest BCUT2D eigenvalue weighted by atomic mass is 16.5. The van der Waals surface area contributed by atoms with Gasteiger partial charge < -0.3 is 19.5 Å². The Morgan fingerprint density at radius 2 is 1.96 bits per heavy atom. The zero-order valence-corrected chi connectivity index (χ0v) is 14.3. The third-order valence-corrected chi connectivity index (χ3v) is 4.41. The van der Waals surface area contributed by atoms with Crippen LogP contribution in [-0.2, 0) is 6.42 Å². The fraction of sp³-hybridized carbons (Fsp3) is 0.389. The molecule has 0 radical (unpaired) electrons. The number of aliphatic hydroxyl groups excluding tert-OH is 1. The summed E-state index contributed by atoms with van der Waals surface area (Å²) in [6.07, 6.45) is 3.60. The highest BCUT2D eigenvalue weighted by Gasteiger charge is 2.35. The summed E-state index contributed by atoms with van der Waals surface area (Å²) < 4.78 is 10.3. The molecule has 3 heterocycles. The number of hydrogen-bond donors (Lipinski definition) is 1. The molecule has 0 bridgehead atoms. The van der Waals surface area contributed by atoms with Crippen molar-refractivity contribution in [2.24, 2.45) is 5.92 Å². The zero-order chi connectivity index (χ0) is 17.8. The van der Waals surface area contributed by atoms with Crippen molar-refractivity contribution in [1.29, 1.82) is 0 Å². The molecular weight excluding hydrogens is 322 g/mol. The van der Waals surface area contributed by atoms with Crippen LogP contribution in [0.25, 0.3) is 0 Å². The van der Waals surface area contributed by atoms with Gasteiger partial charge in [0, 0.05) is 37.5 Å². The molecule has 7 heteroatoms. The first-order chi connectivity index (χ1) is 12.1. The summed E-state index contributed by atoms with van der Waals surface area (Å²) in [6, 6.07) is 7.10. The molecule has 0 aromatic carbocycles. The Morgan fingerprint density at radius 3 is 2.64 bits per heavy atom. The lowest BCUT2D eigenvalue weighted by atomic mass is 9.97. The van der Waals surface area contributed by atoms with Gasteiger partial charge in [-0.05, 0) is 30.2 Å². The molecule has 132 valence electrons. The van der Waals surface area contributed by atoms with Crippen LogP contribution in [0.3, 0.4) is 0 Å². The molecule has 1 amide bonds. The number of nitrogens with zero attached hydrogens (tertiary/aromatic N) is 3. The van der Waals surface area contributed by atoms with E-state index in [1.807, 2.05) is 12.1 Å². The summed E-state index contributed by atoms with van der Waals surface area (Å²) in [6.45, 7) is 0.779. The molecule has 1 aliphatic rings. The Balaban J connectivity index is 1.73. The molecular formula is C18H21N3O4. The summed E-state index contributed by atoms with van der Waals surface area (Å²) in [7, 11) is 2.97. The van der Waals surface area contributed by atoms with E-state index in [0.29, 0.717) is 31.0 Å². The molecule has 0 unspecified atom stereocenters. The maximum atomic E-state index is 12.8. The molecule has 25 heavy (non-hydrogen) atoms. The highest BCUT2D eigenvalue weighted by Crippen LogP contribution is 2.26. The molecule has 1 fully saturated rings. The molecule has 0 aliphatic carbocycles. The smallest absolute Gasteiger partial charge is 0.259 e. The third kappa shape index (κ3) is 3.71. The van der Waals surface area contributed by atoms with Crippen LogP contribution in [-0.4, -0.2) is 59.3 Å². The molecule has 2 atom stereocenters. The summed E-state index contributed by atoms with van der Waals surface area (Å²) in [5.74, 6) is 0.383. The topological polar surface area (TPSA) is 84.8 Å². The van der Waals surface area contributed by atoms with Gasteiger partial charge in [-0.2, -0.15) is 4.98 Å². The van der Waals surface area contributed by atoms with Crippen molar-refractivity contribution in [3.8, 4) is 11.8 Å². The van der Waals surface area contributed by atoms with Gasteiger partial charge in [0.2, 0.25) is 11.8 Å². The first kappa shape index (κ1) is 17.2. The van der Waals surface area contributed by atoms with Crippen LogP contribution >= 0.6 is 0 Å². The lowest BCUT2D eigenvalue weighted by Crippen LogP contribution is -2.30. The monoisotopic (exact) mass is 343 g/mol. The second-order valence-electron chi connectivity index (χ2n) is 6.01. The van der Waals surface area contributed by atoms with E-state index in [1.165, 1.54) is 14.2 Å². The van der Waals surface area contributed by atoms with Crippen LogP contribution in [0, 0.1) is 5.92 Å². The van der Waals surface area contributed by atoms with E-state index in [2.05, 4.69) is 9.97 Å². The summed E-state index contributed by atoms with van der Waals surface area (Å²) in [5, 5.41) is 10.3. The molecule has 7 nitrogen and oxygen atoms in total. The quantitative estimate of drug-likeness (QED) is 0.877. The van der Waals surface area contributed by atoms with Gasteiger partial charge in [-0.1, -0.05) is 0 Å². The summed E-state index contributed by atoms with van der Waals surface area (Å²) in [4.78, 5) is 22.6. The van der Waals surface area contributed by atoms with Gasteiger partial charge in [0.05, 0.1) is 20.3 Å². The summed E-state index contributed by atoms with van der Waals surface area (Å²) >= 11 is 0. The largest absolute Gasteiger partial charge is 0.481 e. The lowest BCUT2D eigenvalue weighted by Gasteiger charge is -2.17. The summed E-state index contributed by atoms with van der Waals surface area (Å²) in [5.41, 5.74) is 1.46. The first-order valence-electron chi connectivity index (χ1n) is 8.07. The van der Waals surface area contributed by atoms with E-state index in [-0.39, 0.29) is 17.7 Å². The second-order valence-corrected chi connectivity index (χ2v) is 6.01. The van der Waals surface area contributed by atoms with Gasteiger partial charge in [-0.15, -0.1) is 0 Å². The zero-order valence-electron chi connectivity index (χ0n) is 14.3. The van der Waals surface area contributed by atoms with Crippen LogP contribution in [0.5, 0.6) is 11.8 Å². The number of rotatable bonds is 5. The Bertz CT molecular complexity index is 738. The number of amides is 1. The van der Waals surface area contributed by atoms with Crippen LogP contribution in [0.15, 0.2) is 36.7 Å². The minimum absolute atomic E-state index is 0.0106. The number of likely N-dealkylation sites (tertiary alicyclic amines) is 1. The van der Waals surface area contributed by atoms with E-state index >= 15 is 0 Å². The van der Waals surface area contributed by atoms with E-state index < -0.39 is 6.10 Å². The van der Waals surface area contributed by atoms with Crippen LogP contribution in [0.2, 0.25) is 0 Å². The number of methoxy groups -OCH3 is 2. The molecule has 0 saturated carbocycles. The predicted octanol–water partition coefficient (Wildman–Crippen LogP) is 1.17. The molecule has 1 N–H and O–H groups in total. The highest BCUT2D eigenvalue weighted by molar-refractivity contribution is 5.96. The minimum Gasteiger partial charge on any atom is -0.481 e. The van der Waals surface area contributed by atoms with Crippen molar-refractivity contribution in [2.75, 3.05) is 27.3 Å². The number of carbonyl (C=O) groups excluding carboxylic acids is 1. The number of β-amino-alcohol motifs (C(OH)–C–C–N with tert-alkyl or cyclic N) is 1. The Kier molecular flexibility index (Phi) is 5.14. The van der Waals surface area contributed by atoms with E-state index in [0.717, 1.165) is 5.56 Å². The fourth-order valence-corrected chi connectivity index (χ4v) is 3.07. The molecule has 1 aliphatic heterocycles. The second kappa shape index (κ2) is 7.48. The average Bonchev–Trinajstić information content (AvgIpc) is 3.02. The molecule has 2 aromatic heterocycles. The van der Waals surface area contributed by atoms with Crippen molar-refractivity contribution in [2.45, 2.75) is 12.5 Å². The molecule has 2 aromatic rings. The molecule has 1 saturated heterocycles. The van der Waals surface area contributed by atoms with Gasteiger partial charge in [0.1, 0.15) is 5.56 Å². The van der Waals surface area contributed by atoms with Gasteiger partial charge >= 0.3 is 0 Å². The number of ether oxygens (including phenoxy) is 2. The van der Waals surface area contributed by atoms with Crippen molar-refractivity contribution in [1.82, 2.24) is 14.9 Å². The SMILES string of the molecule is COc1ccc(C(=O)N2C[C@@H](Cc3ccncc3)[C@@H](O)C2)c(OC)n1. The first-order valence-corrected chi connectivity index (χ1v) is 8.07. The fourth-order valence-electron chi connectivity index (χ4n) is 3.07. The minimum atomic E-state index is -0.561. The maximum absolute atomic E-state index is 12.8. The number of aromatic nitrogens is 2. The normalized spacial score (nSPS) is 19.7. The Morgan fingerprint density at radius 1 is 1.20 bits per heavy atom. The van der Waals surface area contributed by atoms with E-state index in [9.17, 15) is 9.90 Å². The van der Waals surface area contributed by atoms with Crippen molar-refractivity contribution in [3.63, 3.8) is 0 Å². The van der Waals surface area contributed by atoms with Crippen LogP contribution in [0.4, 0.5) is 0 Å². The maximum Gasteiger partial charge on any atom is 0.259 e. The number of carbonyl (C=O) groups is 1. The van der Waals surface area contributed by atoms with Crippen molar-refractivity contribution >= 4 is 5.91 Å². The number of hydrogen-bond acceptors (Lipinski definition) is 6. The molecule has 3 rings (SSSR count). The van der Waals surface area contributed by atoms with Crippen molar-refractivity contribution in [3.05, 3.63) is 47.8 Å². The standard InChI is InChI=1S/C18H21N3O4/c1-24-16-4-3-14(17(20-16)25-2)18(23)21-10-13(15(22)11-21)9-12-5-7-19-8-6-12/h3-8,13,15,22H,9-11H2,1-2H3/t13-,15+/m1/s1.